The van der Waals surface area contributed by atoms with Gasteiger partial charge in [0.05, 0.1) is 5.56 Å². The lowest BCUT2D eigenvalue weighted by molar-refractivity contribution is 0.102. The fourth-order valence-electron chi connectivity index (χ4n) is 1.85. The average Bonchev–Trinajstić information content (AvgIpc) is 2.39. The van der Waals surface area contributed by atoms with E-state index in [2.05, 4.69) is 5.32 Å². The third kappa shape index (κ3) is 3.15. The van der Waals surface area contributed by atoms with Crippen molar-refractivity contribution in [1.29, 1.82) is 0 Å². The number of hydrogen-bond acceptors (Lipinski definition) is 2. The van der Waals surface area contributed by atoms with Crippen LogP contribution in [0.25, 0.3) is 0 Å². The molecule has 2 aromatic rings. The summed E-state index contributed by atoms with van der Waals surface area (Å²) in [4.78, 5) is 14.0. The molecule has 0 saturated heterocycles. The molecule has 0 fully saturated rings. The predicted octanol–water partition coefficient (Wildman–Crippen LogP) is 3.45. The van der Waals surface area contributed by atoms with Crippen LogP contribution in [0.4, 0.5) is 15.8 Å². The Labute approximate surface area is 118 Å². The molecule has 3 nitrogen and oxygen atoms in total. The summed E-state index contributed by atoms with van der Waals surface area (Å²) < 4.78 is 13.7. The van der Waals surface area contributed by atoms with Crippen LogP contribution in [0, 0.1) is 12.7 Å². The Morgan fingerprint density at radius 3 is 2.30 bits per heavy atom. The summed E-state index contributed by atoms with van der Waals surface area (Å²) in [6.45, 7) is 1.78. The molecule has 0 radical (unpaired) electrons. The van der Waals surface area contributed by atoms with Crippen LogP contribution < -0.4 is 10.2 Å². The normalized spacial score (nSPS) is 10.2. The maximum Gasteiger partial charge on any atom is 0.258 e. The van der Waals surface area contributed by atoms with Crippen LogP contribution in [0.3, 0.4) is 0 Å². The van der Waals surface area contributed by atoms with Crippen LogP contribution in [-0.4, -0.2) is 20.0 Å². The van der Waals surface area contributed by atoms with Gasteiger partial charge in [0.2, 0.25) is 0 Å². The Bertz CT molecular complexity index is 621. The van der Waals surface area contributed by atoms with E-state index in [4.69, 9.17) is 0 Å². The summed E-state index contributed by atoms with van der Waals surface area (Å²) in [6, 6.07) is 11.9. The van der Waals surface area contributed by atoms with Gasteiger partial charge in [-0.1, -0.05) is 6.07 Å². The number of hydrogen-bond donors (Lipinski definition) is 1. The number of halogens is 1. The molecule has 2 aromatic carbocycles. The molecule has 0 aromatic heterocycles. The van der Waals surface area contributed by atoms with E-state index in [9.17, 15) is 9.18 Å². The number of aryl methyl sites for hydroxylation is 1. The van der Waals surface area contributed by atoms with Gasteiger partial charge < -0.3 is 10.2 Å². The predicted molar refractivity (Wildman–Crippen MR) is 79.9 cm³/mol. The van der Waals surface area contributed by atoms with Crippen molar-refractivity contribution in [2.45, 2.75) is 6.92 Å². The van der Waals surface area contributed by atoms with Gasteiger partial charge in [-0.2, -0.15) is 0 Å². The van der Waals surface area contributed by atoms with E-state index in [1.165, 1.54) is 12.1 Å². The third-order valence-corrected chi connectivity index (χ3v) is 3.01. The van der Waals surface area contributed by atoms with Gasteiger partial charge in [0.15, 0.2) is 0 Å². The van der Waals surface area contributed by atoms with E-state index in [1.807, 2.05) is 31.1 Å². The second-order valence-electron chi connectivity index (χ2n) is 4.88. The number of rotatable bonds is 3. The summed E-state index contributed by atoms with van der Waals surface area (Å²) >= 11 is 0. The maximum atomic E-state index is 13.7. The van der Waals surface area contributed by atoms with Crippen LogP contribution in [0.2, 0.25) is 0 Å². The molecular formula is C16H17FN2O. The Balaban J connectivity index is 2.15. The van der Waals surface area contributed by atoms with Crippen molar-refractivity contribution in [3.63, 3.8) is 0 Å². The molecule has 0 aliphatic rings. The molecule has 0 aliphatic heterocycles. The summed E-state index contributed by atoms with van der Waals surface area (Å²) in [6.07, 6.45) is 0. The highest BCUT2D eigenvalue weighted by Crippen LogP contribution is 2.17. The molecule has 0 aliphatic carbocycles. The highest BCUT2D eigenvalue weighted by molar-refractivity contribution is 6.04. The van der Waals surface area contributed by atoms with Crippen molar-refractivity contribution in [3.8, 4) is 0 Å². The number of anilines is 2. The molecular weight excluding hydrogens is 255 g/mol. The molecule has 0 heterocycles. The topological polar surface area (TPSA) is 32.3 Å². The number of amides is 1. The maximum absolute atomic E-state index is 13.7. The minimum Gasteiger partial charge on any atom is -0.378 e. The molecule has 0 spiro atoms. The van der Waals surface area contributed by atoms with Crippen molar-refractivity contribution in [2.24, 2.45) is 0 Å². The van der Waals surface area contributed by atoms with Gasteiger partial charge in [-0.25, -0.2) is 4.39 Å². The zero-order valence-electron chi connectivity index (χ0n) is 11.8. The molecule has 0 atom stereocenters. The van der Waals surface area contributed by atoms with Gasteiger partial charge in [-0.3, -0.25) is 4.79 Å². The molecule has 1 N–H and O–H groups in total. The van der Waals surface area contributed by atoms with Crippen molar-refractivity contribution in [2.75, 3.05) is 24.3 Å². The number of carbonyl (C=O) groups excluding carboxylic acids is 1. The van der Waals surface area contributed by atoms with Crippen LogP contribution in [0.1, 0.15) is 15.9 Å². The number of benzene rings is 2. The molecule has 0 bridgehead atoms. The fraction of sp³-hybridized carbons (Fsp3) is 0.188. The second-order valence-corrected chi connectivity index (χ2v) is 4.88. The zero-order chi connectivity index (χ0) is 14.7. The summed E-state index contributed by atoms with van der Waals surface area (Å²) in [7, 11) is 3.88. The van der Waals surface area contributed by atoms with Crippen LogP contribution in [0.5, 0.6) is 0 Å². The molecule has 20 heavy (non-hydrogen) atoms. The number of carbonyl (C=O) groups is 1. The summed E-state index contributed by atoms with van der Waals surface area (Å²) in [5.41, 5.74) is 2.51. The molecule has 1 amide bonds. The van der Waals surface area contributed by atoms with E-state index >= 15 is 0 Å². The first-order chi connectivity index (χ1) is 9.47. The molecule has 104 valence electrons. The number of nitrogens with zero attached hydrogens (tertiary/aromatic N) is 1. The Kier molecular flexibility index (Phi) is 4.03. The standard InChI is InChI=1S/C16H17FN2O/c1-11-4-9-14(15(17)10-11)16(20)18-12-5-7-13(8-6-12)19(2)3/h4-10H,1-3H3,(H,18,20). The quantitative estimate of drug-likeness (QED) is 0.928. The van der Waals surface area contributed by atoms with Crippen molar-refractivity contribution in [1.82, 2.24) is 0 Å². The van der Waals surface area contributed by atoms with Crippen molar-refractivity contribution < 1.29 is 9.18 Å². The van der Waals surface area contributed by atoms with E-state index < -0.39 is 11.7 Å². The van der Waals surface area contributed by atoms with Gasteiger partial charge >= 0.3 is 0 Å². The monoisotopic (exact) mass is 272 g/mol. The van der Waals surface area contributed by atoms with Gasteiger partial charge in [0.1, 0.15) is 5.82 Å². The lowest BCUT2D eigenvalue weighted by Gasteiger charge is -2.13. The first-order valence-corrected chi connectivity index (χ1v) is 6.32. The molecule has 4 heteroatoms. The highest BCUT2D eigenvalue weighted by atomic mass is 19.1. The fourth-order valence-corrected chi connectivity index (χ4v) is 1.85. The third-order valence-electron chi connectivity index (χ3n) is 3.01. The van der Waals surface area contributed by atoms with E-state index in [0.717, 1.165) is 11.3 Å². The van der Waals surface area contributed by atoms with E-state index in [-0.39, 0.29) is 5.56 Å². The first-order valence-electron chi connectivity index (χ1n) is 6.32. The largest absolute Gasteiger partial charge is 0.378 e. The average molecular weight is 272 g/mol. The molecule has 0 unspecified atom stereocenters. The van der Waals surface area contributed by atoms with Gasteiger partial charge in [-0.05, 0) is 48.9 Å². The highest BCUT2D eigenvalue weighted by Gasteiger charge is 2.11. The molecule has 2 rings (SSSR count). The SMILES string of the molecule is Cc1ccc(C(=O)Nc2ccc(N(C)C)cc2)c(F)c1. The van der Waals surface area contributed by atoms with Crippen molar-refractivity contribution in [3.05, 3.63) is 59.4 Å². The van der Waals surface area contributed by atoms with Gasteiger partial charge in [0.25, 0.3) is 5.91 Å². The number of nitrogens with one attached hydrogen (secondary N) is 1. The van der Waals surface area contributed by atoms with Crippen molar-refractivity contribution >= 4 is 17.3 Å². The smallest absolute Gasteiger partial charge is 0.258 e. The van der Waals surface area contributed by atoms with Crippen LogP contribution in [0.15, 0.2) is 42.5 Å². The minimum atomic E-state index is -0.507. The molecule has 0 saturated carbocycles. The zero-order valence-corrected chi connectivity index (χ0v) is 11.8. The van der Waals surface area contributed by atoms with Gasteiger partial charge in [-0.15, -0.1) is 0 Å². The summed E-state index contributed by atoms with van der Waals surface area (Å²) in [5, 5.41) is 2.69. The van der Waals surface area contributed by atoms with Crippen LogP contribution >= 0.6 is 0 Å². The Morgan fingerprint density at radius 1 is 1.10 bits per heavy atom. The van der Waals surface area contributed by atoms with E-state index in [0.29, 0.717) is 5.69 Å². The second kappa shape index (κ2) is 5.74. The lowest BCUT2D eigenvalue weighted by atomic mass is 10.1. The minimum absolute atomic E-state index is 0.0484. The Hall–Kier alpha value is -2.36. The Morgan fingerprint density at radius 2 is 1.75 bits per heavy atom. The van der Waals surface area contributed by atoms with Gasteiger partial charge in [0, 0.05) is 25.5 Å². The van der Waals surface area contributed by atoms with E-state index in [1.54, 1.807) is 25.1 Å². The van der Waals surface area contributed by atoms with Crippen LogP contribution in [-0.2, 0) is 0 Å². The summed E-state index contributed by atoms with van der Waals surface area (Å²) in [5.74, 6) is -0.951. The first kappa shape index (κ1) is 14.1. The lowest BCUT2D eigenvalue weighted by Crippen LogP contribution is -2.14.